The fraction of sp³-hybridized carbons (Fsp3) is 0.0526. The van der Waals surface area contributed by atoms with Gasteiger partial charge in [0.15, 0.2) is 5.65 Å². The molecule has 2 aromatic heterocycles. The summed E-state index contributed by atoms with van der Waals surface area (Å²) in [5, 5.41) is 8.44. The van der Waals surface area contributed by atoms with Gasteiger partial charge in [0.1, 0.15) is 12.1 Å². The normalized spacial score (nSPS) is 10.8. The Bertz CT molecular complexity index is 1080. The zero-order chi connectivity index (χ0) is 17.9. The summed E-state index contributed by atoms with van der Waals surface area (Å²) in [6.45, 7) is 0.610. The standard InChI is InChI=1S/C19H14ClN5O/c20-15-8-4-7-14(9-15)19(26)23-17-16-11-25(24-18(16)22-12-21-17)10-13-5-2-1-3-6-13/h1-9,11-12H,10H2,(H,21,22,23,24,26). The predicted molar refractivity (Wildman–Crippen MR) is 100 cm³/mol. The monoisotopic (exact) mass is 363 g/mol. The van der Waals surface area contributed by atoms with Crippen molar-refractivity contribution in [3.63, 3.8) is 0 Å². The molecule has 0 aliphatic rings. The molecule has 0 aliphatic heterocycles. The highest BCUT2D eigenvalue weighted by atomic mass is 35.5. The van der Waals surface area contributed by atoms with Crippen molar-refractivity contribution in [2.75, 3.05) is 5.32 Å². The minimum Gasteiger partial charge on any atom is -0.306 e. The average Bonchev–Trinajstić information content (AvgIpc) is 3.06. The fourth-order valence-corrected chi connectivity index (χ4v) is 2.84. The number of amides is 1. The average molecular weight is 364 g/mol. The van der Waals surface area contributed by atoms with E-state index < -0.39 is 0 Å². The Morgan fingerprint density at radius 3 is 2.73 bits per heavy atom. The summed E-state index contributed by atoms with van der Waals surface area (Å²) >= 11 is 5.95. The molecule has 1 N–H and O–H groups in total. The molecular weight excluding hydrogens is 350 g/mol. The smallest absolute Gasteiger partial charge is 0.256 e. The first kappa shape index (κ1) is 16.2. The zero-order valence-corrected chi connectivity index (χ0v) is 14.4. The van der Waals surface area contributed by atoms with Crippen LogP contribution in [0.4, 0.5) is 5.82 Å². The van der Waals surface area contributed by atoms with Crippen LogP contribution < -0.4 is 5.32 Å². The molecule has 0 radical (unpaired) electrons. The van der Waals surface area contributed by atoms with Gasteiger partial charge in [0.2, 0.25) is 0 Å². The second-order valence-corrected chi connectivity index (χ2v) is 6.17. The highest BCUT2D eigenvalue weighted by Crippen LogP contribution is 2.20. The summed E-state index contributed by atoms with van der Waals surface area (Å²) in [5.74, 6) is 0.127. The van der Waals surface area contributed by atoms with Gasteiger partial charge in [0, 0.05) is 16.8 Å². The molecule has 4 aromatic rings. The number of hydrogen-bond acceptors (Lipinski definition) is 4. The summed E-state index contributed by atoms with van der Waals surface area (Å²) in [4.78, 5) is 20.8. The van der Waals surface area contributed by atoms with Gasteiger partial charge in [-0.2, -0.15) is 5.10 Å². The Kier molecular flexibility index (Phi) is 4.33. The number of benzene rings is 2. The lowest BCUT2D eigenvalue weighted by Crippen LogP contribution is -2.13. The summed E-state index contributed by atoms with van der Waals surface area (Å²) in [6, 6.07) is 16.7. The third-order valence-corrected chi connectivity index (χ3v) is 4.11. The second kappa shape index (κ2) is 6.93. The van der Waals surface area contributed by atoms with Gasteiger partial charge in [-0.25, -0.2) is 9.97 Å². The number of fused-ring (bicyclic) bond motifs is 1. The van der Waals surface area contributed by atoms with Gasteiger partial charge >= 0.3 is 0 Å². The summed E-state index contributed by atoms with van der Waals surface area (Å²) in [6.07, 6.45) is 3.21. The van der Waals surface area contributed by atoms with Gasteiger partial charge in [-0.15, -0.1) is 0 Å². The second-order valence-electron chi connectivity index (χ2n) is 5.74. The van der Waals surface area contributed by atoms with E-state index in [2.05, 4.69) is 20.4 Å². The third-order valence-electron chi connectivity index (χ3n) is 3.87. The minimum absolute atomic E-state index is 0.289. The maximum atomic E-state index is 12.5. The predicted octanol–water partition coefficient (Wildman–Crippen LogP) is 3.78. The molecule has 0 spiro atoms. The van der Waals surface area contributed by atoms with Gasteiger partial charge in [-0.05, 0) is 23.8 Å². The number of halogens is 1. The van der Waals surface area contributed by atoms with Crippen LogP contribution in [0.1, 0.15) is 15.9 Å². The number of carbonyl (C=O) groups excluding carboxylic acids is 1. The highest BCUT2D eigenvalue weighted by molar-refractivity contribution is 6.31. The number of nitrogens with zero attached hydrogens (tertiary/aromatic N) is 4. The van der Waals surface area contributed by atoms with Gasteiger partial charge in [0.25, 0.3) is 5.91 Å². The van der Waals surface area contributed by atoms with E-state index in [4.69, 9.17) is 11.6 Å². The molecule has 0 bridgehead atoms. The fourth-order valence-electron chi connectivity index (χ4n) is 2.64. The topological polar surface area (TPSA) is 72.7 Å². The Balaban J connectivity index is 1.62. The lowest BCUT2D eigenvalue weighted by Gasteiger charge is -2.05. The third kappa shape index (κ3) is 3.41. The lowest BCUT2D eigenvalue weighted by atomic mass is 10.2. The number of anilines is 1. The number of hydrogen-bond donors (Lipinski definition) is 1. The van der Waals surface area contributed by atoms with Crippen LogP contribution in [0.5, 0.6) is 0 Å². The Morgan fingerprint density at radius 2 is 1.92 bits per heavy atom. The van der Waals surface area contributed by atoms with Crippen LogP contribution in [0.3, 0.4) is 0 Å². The molecule has 0 atom stereocenters. The summed E-state index contributed by atoms with van der Waals surface area (Å²) in [5.41, 5.74) is 2.11. The molecule has 0 saturated carbocycles. The first-order chi connectivity index (χ1) is 12.7. The highest BCUT2D eigenvalue weighted by Gasteiger charge is 2.13. The van der Waals surface area contributed by atoms with Crippen LogP contribution in [-0.4, -0.2) is 25.7 Å². The molecular formula is C19H14ClN5O. The van der Waals surface area contributed by atoms with Gasteiger partial charge < -0.3 is 5.32 Å². The van der Waals surface area contributed by atoms with E-state index in [0.717, 1.165) is 5.56 Å². The molecule has 0 saturated heterocycles. The van der Waals surface area contributed by atoms with Crippen LogP contribution in [0, 0.1) is 0 Å². The SMILES string of the molecule is O=C(Nc1ncnc2nn(Cc3ccccc3)cc12)c1cccc(Cl)c1. The molecule has 26 heavy (non-hydrogen) atoms. The largest absolute Gasteiger partial charge is 0.306 e. The Labute approximate surface area is 154 Å². The first-order valence-corrected chi connectivity index (χ1v) is 8.36. The molecule has 1 amide bonds. The zero-order valence-electron chi connectivity index (χ0n) is 13.6. The van der Waals surface area contributed by atoms with Crippen molar-refractivity contribution in [2.24, 2.45) is 0 Å². The molecule has 2 heterocycles. The molecule has 0 fully saturated rings. The van der Waals surface area contributed by atoms with Crippen LogP contribution in [0.2, 0.25) is 5.02 Å². The van der Waals surface area contributed by atoms with Crippen LogP contribution in [0.25, 0.3) is 11.0 Å². The summed E-state index contributed by atoms with van der Waals surface area (Å²) in [7, 11) is 0. The van der Waals surface area contributed by atoms with Crippen molar-refractivity contribution in [3.05, 3.63) is 83.3 Å². The van der Waals surface area contributed by atoms with Crippen LogP contribution in [-0.2, 0) is 6.54 Å². The van der Waals surface area contributed by atoms with Gasteiger partial charge in [-0.1, -0.05) is 48.0 Å². The van der Waals surface area contributed by atoms with E-state index in [1.807, 2.05) is 36.5 Å². The molecule has 0 unspecified atom stereocenters. The van der Waals surface area contributed by atoms with Crippen LogP contribution in [0.15, 0.2) is 67.1 Å². The number of nitrogens with one attached hydrogen (secondary N) is 1. The van der Waals surface area contributed by atoms with Crippen molar-refractivity contribution >= 4 is 34.4 Å². The molecule has 0 aliphatic carbocycles. The maximum Gasteiger partial charge on any atom is 0.256 e. The van der Waals surface area contributed by atoms with E-state index in [-0.39, 0.29) is 5.91 Å². The van der Waals surface area contributed by atoms with E-state index >= 15 is 0 Å². The molecule has 6 nitrogen and oxygen atoms in total. The minimum atomic E-state index is -0.289. The Hall–Kier alpha value is -3.25. The van der Waals surface area contributed by atoms with E-state index in [1.165, 1.54) is 6.33 Å². The van der Waals surface area contributed by atoms with E-state index in [1.54, 1.807) is 28.9 Å². The number of carbonyl (C=O) groups is 1. The van der Waals surface area contributed by atoms with Crippen LogP contribution >= 0.6 is 11.6 Å². The van der Waals surface area contributed by atoms with Gasteiger partial charge in [0.05, 0.1) is 11.9 Å². The molecule has 128 valence electrons. The van der Waals surface area contributed by atoms with Crippen molar-refractivity contribution in [2.45, 2.75) is 6.54 Å². The number of rotatable bonds is 4. The van der Waals surface area contributed by atoms with Crippen molar-refractivity contribution in [1.29, 1.82) is 0 Å². The van der Waals surface area contributed by atoms with Gasteiger partial charge in [-0.3, -0.25) is 9.48 Å². The lowest BCUT2D eigenvalue weighted by molar-refractivity contribution is 0.102. The summed E-state index contributed by atoms with van der Waals surface area (Å²) < 4.78 is 1.78. The van der Waals surface area contributed by atoms with Crippen molar-refractivity contribution < 1.29 is 4.79 Å². The molecule has 4 rings (SSSR count). The van der Waals surface area contributed by atoms with Crippen molar-refractivity contribution in [3.8, 4) is 0 Å². The molecule has 2 aromatic carbocycles. The van der Waals surface area contributed by atoms with Crippen molar-refractivity contribution in [1.82, 2.24) is 19.7 Å². The van der Waals surface area contributed by atoms with E-state index in [9.17, 15) is 4.79 Å². The number of aromatic nitrogens is 4. The molecule has 7 heteroatoms. The first-order valence-electron chi connectivity index (χ1n) is 7.98. The quantitative estimate of drug-likeness (QED) is 0.599. The Morgan fingerprint density at radius 1 is 1.08 bits per heavy atom. The van der Waals surface area contributed by atoms with E-state index in [0.29, 0.717) is 34.0 Å². The maximum absolute atomic E-state index is 12.5.